The summed E-state index contributed by atoms with van der Waals surface area (Å²) in [7, 11) is -2.00. The molecule has 0 saturated carbocycles. The first-order valence-electron chi connectivity index (χ1n) is 9.03. The molecule has 1 saturated heterocycles. The molecule has 8 nitrogen and oxygen atoms in total. The minimum Gasteiger partial charge on any atom is -0.497 e. The lowest BCUT2D eigenvalue weighted by atomic mass is 10.3. The van der Waals surface area contributed by atoms with Gasteiger partial charge in [-0.05, 0) is 49.7 Å². The zero-order chi connectivity index (χ0) is 20.1. The molecule has 0 radical (unpaired) electrons. The zero-order valence-electron chi connectivity index (χ0n) is 16.2. The topological polar surface area (TPSA) is 90.0 Å². The first kappa shape index (κ1) is 20.5. The van der Waals surface area contributed by atoms with Gasteiger partial charge < -0.3 is 14.2 Å². The minimum atomic E-state index is -3.60. The van der Waals surface area contributed by atoms with E-state index in [2.05, 4.69) is 9.71 Å². The first-order chi connectivity index (χ1) is 13.4. The van der Waals surface area contributed by atoms with Crippen LogP contribution in [0, 0.1) is 0 Å². The molecule has 0 spiro atoms. The Kier molecular flexibility index (Phi) is 6.50. The lowest BCUT2D eigenvalue weighted by Gasteiger charge is -2.34. The van der Waals surface area contributed by atoms with Crippen molar-refractivity contribution in [1.82, 2.24) is 14.0 Å². The highest BCUT2D eigenvalue weighted by molar-refractivity contribution is 7.87. The van der Waals surface area contributed by atoms with Gasteiger partial charge in [0.25, 0.3) is 10.2 Å². The Balaban J connectivity index is 1.62. The minimum absolute atomic E-state index is 0.134. The van der Waals surface area contributed by atoms with Crippen molar-refractivity contribution in [1.29, 1.82) is 0 Å². The predicted octanol–water partition coefficient (Wildman–Crippen LogP) is 2.33. The van der Waals surface area contributed by atoms with Gasteiger partial charge in [0.05, 0.1) is 19.3 Å². The molecular weight excluding hydrogens is 382 g/mol. The monoisotopic (exact) mass is 407 g/mol. The Morgan fingerprint density at radius 3 is 2.43 bits per heavy atom. The number of rotatable bonds is 7. The van der Waals surface area contributed by atoms with Crippen molar-refractivity contribution in [2.45, 2.75) is 32.6 Å². The number of benzene rings is 1. The summed E-state index contributed by atoms with van der Waals surface area (Å²) in [5.41, 5.74) is 0.747. The number of pyridine rings is 1. The summed E-state index contributed by atoms with van der Waals surface area (Å²) < 4.78 is 45.7. The summed E-state index contributed by atoms with van der Waals surface area (Å²) in [4.78, 5) is 4.17. The van der Waals surface area contributed by atoms with Crippen LogP contribution in [0.2, 0.25) is 0 Å². The quantitative estimate of drug-likeness (QED) is 0.758. The molecule has 1 aliphatic rings. The molecule has 1 aromatic heterocycles. The molecule has 1 fully saturated rings. The van der Waals surface area contributed by atoms with Gasteiger partial charge in [-0.25, -0.2) is 4.98 Å². The van der Waals surface area contributed by atoms with Crippen molar-refractivity contribution in [2.24, 2.45) is 0 Å². The molecule has 9 heteroatoms. The number of hydrogen-bond donors (Lipinski definition) is 1. The first-order valence-corrected chi connectivity index (χ1v) is 10.5. The van der Waals surface area contributed by atoms with Crippen molar-refractivity contribution in [3.8, 4) is 17.4 Å². The Labute approximate surface area is 165 Å². The molecule has 3 rings (SSSR count). The second kappa shape index (κ2) is 8.87. The summed E-state index contributed by atoms with van der Waals surface area (Å²) in [6.45, 7) is 4.54. The Morgan fingerprint density at radius 1 is 1.14 bits per heavy atom. The molecule has 1 N–H and O–H groups in total. The van der Waals surface area contributed by atoms with Crippen LogP contribution in [0.3, 0.4) is 0 Å². The number of nitrogens with zero attached hydrogens (tertiary/aromatic N) is 2. The second-order valence-electron chi connectivity index (χ2n) is 6.68. The lowest BCUT2D eigenvalue weighted by molar-refractivity contribution is -0.0444. The van der Waals surface area contributed by atoms with Crippen LogP contribution >= 0.6 is 0 Å². The second-order valence-corrected chi connectivity index (χ2v) is 8.44. The van der Waals surface area contributed by atoms with Crippen LogP contribution in [-0.4, -0.2) is 50.1 Å². The van der Waals surface area contributed by atoms with E-state index in [0.717, 1.165) is 11.3 Å². The highest BCUT2D eigenvalue weighted by Crippen LogP contribution is 2.23. The third-order valence-electron chi connectivity index (χ3n) is 4.27. The Hall–Kier alpha value is -2.20. The summed E-state index contributed by atoms with van der Waals surface area (Å²) in [6, 6.07) is 10.6. The standard InChI is InChI=1S/C19H25N3O5S/c1-14-12-22(13-15(2)26-14)28(23,24)21-11-16-8-9-20-19(10-16)27-18-6-4-17(25-3)5-7-18/h4-10,14-15,21H,11-13H2,1-3H3/t14-,15-/m1/s1. The largest absolute Gasteiger partial charge is 0.497 e. The van der Waals surface area contributed by atoms with E-state index in [0.29, 0.717) is 24.7 Å². The summed E-state index contributed by atoms with van der Waals surface area (Å²) >= 11 is 0. The maximum Gasteiger partial charge on any atom is 0.279 e. The molecule has 0 unspecified atom stereocenters. The van der Waals surface area contributed by atoms with Crippen LogP contribution in [0.25, 0.3) is 0 Å². The van der Waals surface area contributed by atoms with Crippen molar-refractivity contribution in [3.05, 3.63) is 48.2 Å². The molecule has 0 aliphatic carbocycles. The summed E-state index contributed by atoms with van der Waals surface area (Å²) in [5.74, 6) is 1.73. The molecule has 152 valence electrons. The van der Waals surface area contributed by atoms with Crippen LogP contribution in [-0.2, 0) is 21.5 Å². The smallest absolute Gasteiger partial charge is 0.279 e. The van der Waals surface area contributed by atoms with Gasteiger partial charge in [-0.2, -0.15) is 17.4 Å². The number of morpholine rings is 1. The molecule has 2 aromatic rings. The van der Waals surface area contributed by atoms with Crippen molar-refractivity contribution in [3.63, 3.8) is 0 Å². The number of methoxy groups -OCH3 is 1. The van der Waals surface area contributed by atoms with Crippen LogP contribution in [0.5, 0.6) is 17.4 Å². The molecule has 0 bridgehead atoms. The maximum atomic E-state index is 12.6. The van der Waals surface area contributed by atoms with E-state index < -0.39 is 10.2 Å². The fraction of sp³-hybridized carbons (Fsp3) is 0.421. The number of nitrogens with one attached hydrogen (secondary N) is 1. The van der Waals surface area contributed by atoms with Gasteiger partial charge in [0, 0.05) is 31.9 Å². The lowest BCUT2D eigenvalue weighted by Crippen LogP contribution is -2.51. The number of ether oxygens (including phenoxy) is 3. The van der Waals surface area contributed by atoms with Crippen LogP contribution in [0.15, 0.2) is 42.6 Å². The third-order valence-corrected chi connectivity index (χ3v) is 5.75. The van der Waals surface area contributed by atoms with Crippen molar-refractivity contribution in [2.75, 3.05) is 20.2 Å². The molecule has 2 atom stereocenters. The van der Waals surface area contributed by atoms with E-state index in [1.54, 1.807) is 49.7 Å². The van der Waals surface area contributed by atoms with Crippen molar-refractivity contribution >= 4 is 10.2 Å². The molecule has 28 heavy (non-hydrogen) atoms. The molecule has 1 aliphatic heterocycles. The van der Waals surface area contributed by atoms with Gasteiger partial charge in [0.1, 0.15) is 11.5 Å². The molecule has 0 amide bonds. The van der Waals surface area contributed by atoms with E-state index in [-0.39, 0.29) is 18.8 Å². The van der Waals surface area contributed by atoms with E-state index in [9.17, 15) is 8.42 Å². The molecule has 2 heterocycles. The number of hydrogen-bond acceptors (Lipinski definition) is 6. The average molecular weight is 407 g/mol. The summed E-state index contributed by atoms with van der Waals surface area (Å²) in [6.07, 6.45) is 1.32. The van der Waals surface area contributed by atoms with Crippen LogP contribution in [0.4, 0.5) is 0 Å². The summed E-state index contributed by atoms with van der Waals surface area (Å²) in [5, 5.41) is 0. The van der Waals surface area contributed by atoms with E-state index >= 15 is 0 Å². The maximum absolute atomic E-state index is 12.6. The van der Waals surface area contributed by atoms with E-state index in [1.807, 2.05) is 13.8 Å². The van der Waals surface area contributed by atoms with Crippen molar-refractivity contribution < 1.29 is 22.6 Å². The molecule has 1 aromatic carbocycles. The van der Waals surface area contributed by atoms with Gasteiger partial charge in [-0.1, -0.05) is 0 Å². The SMILES string of the molecule is COc1ccc(Oc2cc(CNS(=O)(=O)N3C[C@@H](C)O[C@H](C)C3)ccn2)cc1. The van der Waals surface area contributed by atoms with Crippen LogP contribution in [0.1, 0.15) is 19.4 Å². The highest BCUT2D eigenvalue weighted by Gasteiger charge is 2.30. The highest BCUT2D eigenvalue weighted by atomic mass is 32.2. The van der Waals surface area contributed by atoms with Gasteiger partial charge in [-0.15, -0.1) is 0 Å². The Morgan fingerprint density at radius 2 is 1.79 bits per heavy atom. The average Bonchev–Trinajstić information content (AvgIpc) is 2.67. The fourth-order valence-corrected chi connectivity index (χ4v) is 4.32. The van der Waals surface area contributed by atoms with Gasteiger partial charge >= 0.3 is 0 Å². The normalized spacial score (nSPS) is 20.7. The van der Waals surface area contributed by atoms with Gasteiger partial charge in [-0.3, -0.25) is 0 Å². The van der Waals surface area contributed by atoms with Gasteiger partial charge in [0.2, 0.25) is 5.88 Å². The Bertz CT molecular complexity index is 879. The zero-order valence-corrected chi connectivity index (χ0v) is 17.0. The number of aromatic nitrogens is 1. The van der Waals surface area contributed by atoms with Gasteiger partial charge in [0.15, 0.2) is 0 Å². The fourth-order valence-electron chi connectivity index (χ4n) is 2.97. The van der Waals surface area contributed by atoms with E-state index in [4.69, 9.17) is 14.2 Å². The molecular formula is C19H25N3O5S. The van der Waals surface area contributed by atoms with E-state index in [1.165, 1.54) is 4.31 Å². The van der Waals surface area contributed by atoms with Crippen LogP contribution < -0.4 is 14.2 Å². The predicted molar refractivity (Wildman–Crippen MR) is 105 cm³/mol. The third kappa shape index (κ3) is 5.41.